The fourth-order valence-electron chi connectivity index (χ4n) is 5.60. The summed E-state index contributed by atoms with van der Waals surface area (Å²) in [5, 5.41) is 4.07. The molecule has 0 unspecified atom stereocenters. The first-order valence-corrected chi connectivity index (χ1v) is 17.6. The van der Waals surface area contributed by atoms with E-state index in [0.717, 1.165) is 41.1 Å². The average molecular weight is 699 g/mol. The number of nitrogens with zero attached hydrogens (tertiary/aromatic N) is 2. The molecule has 7 nitrogen and oxygen atoms in total. The minimum atomic E-state index is -4.25. The second kappa shape index (κ2) is 15.4. The Morgan fingerprint density at radius 2 is 1.41 bits per heavy atom. The van der Waals surface area contributed by atoms with Gasteiger partial charge < -0.3 is 10.2 Å². The number of rotatable bonds is 12. The maximum Gasteiger partial charge on any atom is 0.264 e. The van der Waals surface area contributed by atoms with E-state index in [4.69, 9.17) is 34.8 Å². The van der Waals surface area contributed by atoms with Gasteiger partial charge in [0.2, 0.25) is 11.8 Å². The monoisotopic (exact) mass is 697 g/mol. The number of amides is 2. The lowest BCUT2D eigenvalue weighted by molar-refractivity contribution is -0.140. The third kappa shape index (κ3) is 8.42. The average Bonchev–Trinajstić information content (AvgIpc) is 3.57. The molecule has 1 N–H and O–H groups in total. The Labute approximate surface area is 285 Å². The first-order valence-electron chi connectivity index (χ1n) is 15.0. The van der Waals surface area contributed by atoms with Crippen LogP contribution in [0.4, 0.5) is 5.69 Å². The molecule has 1 aliphatic carbocycles. The molecule has 0 radical (unpaired) electrons. The van der Waals surface area contributed by atoms with E-state index in [1.54, 1.807) is 42.5 Å². The zero-order valence-corrected chi connectivity index (χ0v) is 28.1. The Morgan fingerprint density at radius 3 is 2.04 bits per heavy atom. The van der Waals surface area contributed by atoms with Crippen molar-refractivity contribution in [1.29, 1.82) is 0 Å². The lowest BCUT2D eigenvalue weighted by atomic mass is 10.0. The lowest BCUT2D eigenvalue weighted by Crippen LogP contribution is -2.54. The smallest absolute Gasteiger partial charge is 0.264 e. The van der Waals surface area contributed by atoms with Crippen LogP contribution in [-0.2, 0) is 32.6 Å². The molecule has 0 aliphatic heterocycles. The molecule has 4 aromatic rings. The molecule has 5 rings (SSSR count). The predicted octanol–water partition coefficient (Wildman–Crippen LogP) is 7.54. The molecule has 46 heavy (non-hydrogen) atoms. The highest BCUT2D eigenvalue weighted by atomic mass is 35.5. The highest BCUT2D eigenvalue weighted by Gasteiger charge is 2.35. The summed E-state index contributed by atoms with van der Waals surface area (Å²) in [6.45, 7) is -0.545. The van der Waals surface area contributed by atoms with Crippen LogP contribution in [0.25, 0.3) is 0 Å². The summed E-state index contributed by atoms with van der Waals surface area (Å²) in [7, 11) is -4.25. The summed E-state index contributed by atoms with van der Waals surface area (Å²) in [5.74, 6) is -0.854. The lowest BCUT2D eigenvalue weighted by Gasteiger charge is -2.34. The van der Waals surface area contributed by atoms with Crippen LogP contribution in [0.5, 0.6) is 0 Å². The summed E-state index contributed by atoms with van der Waals surface area (Å²) in [5.41, 5.74) is 1.76. The van der Waals surface area contributed by atoms with Crippen molar-refractivity contribution in [2.75, 3.05) is 10.8 Å². The van der Waals surface area contributed by atoms with Gasteiger partial charge >= 0.3 is 0 Å². The number of benzene rings is 4. The van der Waals surface area contributed by atoms with Gasteiger partial charge in [-0.25, -0.2) is 8.42 Å². The first kappa shape index (κ1) is 33.8. The van der Waals surface area contributed by atoms with Crippen molar-refractivity contribution in [2.24, 2.45) is 0 Å². The molecule has 0 heterocycles. The number of carbonyl (C=O) groups is 2. The molecule has 0 saturated heterocycles. The van der Waals surface area contributed by atoms with Crippen LogP contribution in [0.3, 0.4) is 0 Å². The van der Waals surface area contributed by atoms with Crippen molar-refractivity contribution in [3.05, 3.63) is 129 Å². The van der Waals surface area contributed by atoms with Gasteiger partial charge in [-0.3, -0.25) is 13.9 Å². The normalized spacial score (nSPS) is 14.1. The van der Waals surface area contributed by atoms with Gasteiger partial charge in [0.25, 0.3) is 10.0 Å². The number of anilines is 1. The molecule has 1 aliphatic rings. The summed E-state index contributed by atoms with van der Waals surface area (Å²) in [4.78, 5) is 30.1. The molecular weight excluding hydrogens is 665 g/mol. The number of carbonyl (C=O) groups excluding carboxylic acids is 2. The van der Waals surface area contributed by atoms with Crippen LogP contribution in [-0.4, -0.2) is 43.8 Å². The molecule has 11 heteroatoms. The number of nitrogens with one attached hydrogen (secondary N) is 1. The van der Waals surface area contributed by atoms with Gasteiger partial charge in [0.1, 0.15) is 12.6 Å². The van der Waals surface area contributed by atoms with E-state index in [-0.39, 0.29) is 45.5 Å². The second-order valence-electron chi connectivity index (χ2n) is 11.3. The number of hydrogen-bond donors (Lipinski definition) is 1. The predicted molar refractivity (Wildman–Crippen MR) is 184 cm³/mol. The van der Waals surface area contributed by atoms with E-state index in [0.29, 0.717) is 5.02 Å². The van der Waals surface area contributed by atoms with Gasteiger partial charge in [-0.2, -0.15) is 0 Å². The van der Waals surface area contributed by atoms with Gasteiger partial charge in [-0.05, 0) is 66.4 Å². The number of sulfonamides is 1. The van der Waals surface area contributed by atoms with Crippen molar-refractivity contribution < 1.29 is 18.0 Å². The Morgan fingerprint density at radius 1 is 0.783 bits per heavy atom. The Kier molecular flexibility index (Phi) is 11.3. The fraction of sp³-hybridized carbons (Fsp3) is 0.257. The van der Waals surface area contributed by atoms with Crippen molar-refractivity contribution in [3.63, 3.8) is 0 Å². The Balaban J connectivity index is 1.57. The summed E-state index contributed by atoms with van der Waals surface area (Å²) in [6.07, 6.45) is 4.02. The third-order valence-corrected chi connectivity index (χ3v) is 10.8. The van der Waals surface area contributed by atoms with Crippen LogP contribution >= 0.6 is 34.8 Å². The van der Waals surface area contributed by atoms with Crippen LogP contribution in [0.2, 0.25) is 15.1 Å². The minimum absolute atomic E-state index is 0.00191. The van der Waals surface area contributed by atoms with E-state index in [2.05, 4.69) is 5.32 Å². The second-order valence-corrected chi connectivity index (χ2v) is 14.4. The largest absolute Gasteiger partial charge is 0.352 e. The van der Waals surface area contributed by atoms with E-state index in [1.165, 1.54) is 35.2 Å². The van der Waals surface area contributed by atoms with Crippen LogP contribution < -0.4 is 9.62 Å². The quantitative estimate of drug-likeness (QED) is 0.166. The van der Waals surface area contributed by atoms with Crippen LogP contribution in [0, 0.1) is 0 Å². The van der Waals surface area contributed by atoms with Gasteiger partial charge in [-0.15, -0.1) is 0 Å². The minimum Gasteiger partial charge on any atom is -0.352 e. The zero-order chi connectivity index (χ0) is 32.7. The van der Waals surface area contributed by atoms with Crippen LogP contribution in [0.1, 0.15) is 36.8 Å². The molecule has 2 amide bonds. The van der Waals surface area contributed by atoms with Crippen molar-refractivity contribution in [1.82, 2.24) is 10.2 Å². The molecular formula is C35H34Cl3N3O4S. The van der Waals surface area contributed by atoms with Gasteiger partial charge in [-0.1, -0.05) is 108 Å². The Hall–Kier alpha value is -3.56. The van der Waals surface area contributed by atoms with E-state index in [1.807, 2.05) is 30.3 Å². The Bertz CT molecular complexity index is 1750. The van der Waals surface area contributed by atoms with Gasteiger partial charge in [0.05, 0.1) is 20.6 Å². The number of halogens is 3. The van der Waals surface area contributed by atoms with Gasteiger partial charge in [0, 0.05) is 24.0 Å². The third-order valence-electron chi connectivity index (χ3n) is 8.04. The topological polar surface area (TPSA) is 86.8 Å². The SMILES string of the molecule is O=C(NC1CCCC1)[C@@H](Cc1ccccc1)N(Cc1ccc(Cl)cc1)C(=O)CN(c1ccc(Cl)c(Cl)c1)S(=O)(=O)c1ccccc1. The van der Waals surface area contributed by atoms with Crippen molar-refractivity contribution in [3.8, 4) is 0 Å². The van der Waals surface area contributed by atoms with E-state index in [9.17, 15) is 18.0 Å². The molecule has 1 atom stereocenters. The zero-order valence-electron chi connectivity index (χ0n) is 25.0. The molecule has 1 saturated carbocycles. The fourth-order valence-corrected chi connectivity index (χ4v) is 7.44. The molecule has 1 fully saturated rings. The molecule has 0 aromatic heterocycles. The highest BCUT2D eigenvalue weighted by molar-refractivity contribution is 7.92. The summed E-state index contributed by atoms with van der Waals surface area (Å²) < 4.78 is 29.2. The summed E-state index contributed by atoms with van der Waals surface area (Å²) in [6, 6.07) is 27.8. The van der Waals surface area contributed by atoms with Crippen molar-refractivity contribution >= 4 is 62.3 Å². The highest BCUT2D eigenvalue weighted by Crippen LogP contribution is 2.31. The maximum absolute atomic E-state index is 14.6. The number of hydrogen-bond acceptors (Lipinski definition) is 4. The maximum atomic E-state index is 14.6. The standard InChI is InChI=1S/C35H34Cl3N3O4S/c36-27-17-15-26(16-18-27)23-40(33(21-25-9-3-1-4-10-25)35(43)39-28-11-7-8-12-28)34(42)24-41(29-19-20-31(37)32(38)22-29)46(44,45)30-13-5-2-6-14-30/h1-6,9-10,13-20,22,28,33H,7-8,11-12,21,23-24H2,(H,39,43)/t33-/m1/s1. The van der Waals surface area contributed by atoms with E-state index >= 15 is 0 Å². The first-order chi connectivity index (χ1) is 22.1. The molecule has 4 aromatic carbocycles. The molecule has 0 bridgehead atoms. The van der Waals surface area contributed by atoms with Gasteiger partial charge in [0.15, 0.2) is 0 Å². The summed E-state index contributed by atoms with van der Waals surface area (Å²) >= 11 is 18.6. The van der Waals surface area contributed by atoms with Crippen molar-refractivity contribution in [2.45, 2.75) is 55.6 Å². The van der Waals surface area contributed by atoms with E-state index < -0.39 is 28.5 Å². The molecule has 240 valence electrons. The molecule has 0 spiro atoms. The van der Waals surface area contributed by atoms with Crippen LogP contribution in [0.15, 0.2) is 108 Å².